The summed E-state index contributed by atoms with van der Waals surface area (Å²) in [6, 6.07) is 2.09. The molecule has 1 aliphatic heterocycles. The first-order chi connectivity index (χ1) is 5.36. The van der Waals surface area contributed by atoms with Gasteiger partial charge in [0.05, 0.1) is 18.4 Å². The Morgan fingerprint density at radius 3 is 3.00 bits per heavy atom. The third-order valence-electron chi connectivity index (χ3n) is 1.43. The van der Waals surface area contributed by atoms with E-state index in [2.05, 4.69) is 16.7 Å². The molecule has 3 heteroatoms. The molecule has 0 aromatic rings. The van der Waals surface area contributed by atoms with Crippen LogP contribution in [0.3, 0.4) is 0 Å². The van der Waals surface area contributed by atoms with Crippen LogP contribution in [-0.4, -0.2) is 13.1 Å². The maximum Gasteiger partial charge on any atom is 0.0989 e. The van der Waals surface area contributed by atoms with E-state index >= 15 is 0 Å². The third-order valence-corrected chi connectivity index (χ3v) is 1.43. The first-order valence-corrected chi connectivity index (χ1v) is 3.65. The quantitative estimate of drug-likeness (QED) is 0.600. The lowest BCUT2D eigenvalue weighted by Crippen LogP contribution is -2.29. The van der Waals surface area contributed by atoms with Crippen molar-refractivity contribution in [2.24, 2.45) is 0 Å². The molecule has 0 radical (unpaired) electrons. The highest BCUT2D eigenvalue weighted by Crippen LogP contribution is 1.99. The molecular weight excluding hydrogens is 138 g/mol. The van der Waals surface area contributed by atoms with Crippen LogP contribution in [0.5, 0.6) is 0 Å². The smallest absolute Gasteiger partial charge is 0.0989 e. The maximum absolute atomic E-state index is 8.50. The van der Waals surface area contributed by atoms with E-state index < -0.39 is 0 Å². The van der Waals surface area contributed by atoms with Crippen molar-refractivity contribution in [3.63, 3.8) is 0 Å². The summed E-state index contributed by atoms with van der Waals surface area (Å²) < 4.78 is 0. The molecule has 0 unspecified atom stereocenters. The number of dihydropyridines is 1. The van der Waals surface area contributed by atoms with Crippen LogP contribution in [0.15, 0.2) is 23.5 Å². The van der Waals surface area contributed by atoms with Gasteiger partial charge >= 0.3 is 0 Å². The van der Waals surface area contributed by atoms with E-state index in [1.165, 1.54) is 0 Å². The van der Waals surface area contributed by atoms with Crippen molar-refractivity contribution in [1.82, 2.24) is 10.6 Å². The molecule has 0 fully saturated rings. The van der Waals surface area contributed by atoms with Crippen LogP contribution in [0, 0.1) is 11.3 Å². The second kappa shape index (κ2) is 3.67. The summed E-state index contributed by atoms with van der Waals surface area (Å²) in [5.41, 5.74) is 0.770. The molecule has 0 saturated carbocycles. The number of nitriles is 1. The van der Waals surface area contributed by atoms with Gasteiger partial charge in [0.1, 0.15) is 0 Å². The van der Waals surface area contributed by atoms with Crippen molar-refractivity contribution in [2.75, 3.05) is 13.1 Å². The van der Waals surface area contributed by atoms with Gasteiger partial charge in [0.15, 0.2) is 0 Å². The zero-order valence-electron chi connectivity index (χ0n) is 6.52. The highest BCUT2D eigenvalue weighted by molar-refractivity contribution is 5.32. The molecule has 0 bridgehead atoms. The molecule has 0 aromatic heterocycles. The molecule has 11 heavy (non-hydrogen) atoms. The van der Waals surface area contributed by atoms with Crippen molar-refractivity contribution in [3.8, 4) is 6.07 Å². The summed E-state index contributed by atoms with van der Waals surface area (Å²) >= 11 is 0. The summed E-state index contributed by atoms with van der Waals surface area (Å²) in [6.45, 7) is 3.57. The van der Waals surface area contributed by atoms with Gasteiger partial charge in [-0.25, -0.2) is 0 Å². The number of hydrogen-bond donors (Lipinski definition) is 2. The minimum absolute atomic E-state index is 0.634. The minimum atomic E-state index is 0.634. The summed E-state index contributed by atoms with van der Waals surface area (Å²) in [6.07, 6.45) is 3.71. The van der Waals surface area contributed by atoms with Crippen LogP contribution in [-0.2, 0) is 0 Å². The summed E-state index contributed by atoms with van der Waals surface area (Å²) in [5.74, 6) is 0.992. The molecule has 0 aliphatic carbocycles. The van der Waals surface area contributed by atoms with Gasteiger partial charge in [-0.15, -0.1) is 0 Å². The van der Waals surface area contributed by atoms with Crippen molar-refractivity contribution in [3.05, 3.63) is 23.5 Å². The van der Waals surface area contributed by atoms with Crippen LogP contribution in [0.2, 0.25) is 0 Å². The molecule has 1 rings (SSSR count). The van der Waals surface area contributed by atoms with Crippen molar-refractivity contribution < 1.29 is 0 Å². The van der Waals surface area contributed by atoms with Gasteiger partial charge in [-0.2, -0.15) is 5.26 Å². The highest BCUT2D eigenvalue weighted by atomic mass is 15.1. The summed E-state index contributed by atoms with van der Waals surface area (Å²) in [4.78, 5) is 0. The SMILES string of the molecule is CCNC1=CC=C(C#N)CN1. The van der Waals surface area contributed by atoms with Crippen LogP contribution >= 0.6 is 0 Å². The Balaban J connectivity index is 2.56. The average molecular weight is 149 g/mol. The zero-order valence-corrected chi connectivity index (χ0v) is 6.52. The zero-order chi connectivity index (χ0) is 8.10. The van der Waals surface area contributed by atoms with Gasteiger partial charge in [0.2, 0.25) is 0 Å². The molecule has 0 atom stereocenters. The van der Waals surface area contributed by atoms with Crippen molar-refractivity contribution in [1.29, 1.82) is 5.26 Å². The Kier molecular flexibility index (Phi) is 2.56. The maximum atomic E-state index is 8.50. The monoisotopic (exact) mass is 149 g/mol. The topological polar surface area (TPSA) is 47.9 Å². The normalized spacial score (nSPS) is 15.6. The van der Waals surface area contributed by atoms with Gasteiger partial charge in [-0.05, 0) is 19.1 Å². The number of nitrogens with zero attached hydrogens (tertiary/aromatic N) is 1. The molecule has 1 heterocycles. The number of rotatable bonds is 2. The fourth-order valence-corrected chi connectivity index (χ4v) is 0.881. The van der Waals surface area contributed by atoms with Gasteiger partial charge in [-0.3, -0.25) is 0 Å². The molecule has 58 valence electrons. The Bertz CT molecular complexity index is 232. The number of hydrogen-bond acceptors (Lipinski definition) is 3. The van der Waals surface area contributed by atoms with E-state index in [1.54, 1.807) is 0 Å². The second-order valence-electron chi connectivity index (χ2n) is 2.27. The predicted molar refractivity (Wildman–Crippen MR) is 43.5 cm³/mol. The molecule has 0 spiro atoms. The molecule has 3 nitrogen and oxygen atoms in total. The van der Waals surface area contributed by atoms with E-state index in [9.17, 15) is 0 Å². The van der Waals surface area contributed by atoms with E-state index in [-0.39, 0.29) is 0 Å². The van der Waals surface area contributed by atoms with Crippen molar-refractivity contribution >= 4 is 0 Å². The van der Waals surface area contributed by atoms with Gasteiger partial charge in [0.25, 0.3) is 0 Å². The molecule has 0 amide bonds. The first-order valence-electron chi connectivity index (χ1n) is 3.65. The average Bonchev–Trinajstić information content (AvgIpc) is 2.07. The van der Waals surface area contributed by atoms with Crippen LogP contribution < -0.4 is 10.6 Å². The lowest BCUT2D eigenvalue weighted by Gasteiger charge is -2.14. The Morgan fingerprint density at radius 1 is 1.73 bits per heavy atom. The minimum Gasteiger partial charge on any atom is -0.372 e. The lowest BCUT2D eigenvalue weighted by atomic mass is 10.2. The first kappa shape index (κ1) is 7.67. The molecule has 0 saturated heterocycles. The third kappa shape index (κ3) is 2.01. The fraction of sp³-hybridized carbons (Fsp3) is 0.375. The molecule has 2 N–H and O–H groups in total. The summed E-state index contributed by atoms with van der Waals surface area (Å²) in [7, 11) is 0. The number of nitrogens with one attached hydrogen (secondary N) is 2. The molecule has 0 aromatic carbocycles. The predicted octanol–water partition coefficient (Wildman–Crippen LogP) is 0.490. The Hall–Kier alpha value is -1.43. The van der Waals surface area contributed by atoms with Crippen molar-refractivity contribution in [2.45, 2.75) is 6.92 Å². The standard InChI is InChI=1S/C8H11N3/c1-2-10-8-4-3-7(5-9)6-11-8/h3-4,10-11H,2,6H2,1H3. The Morgan fingerprint density at radius 2 is 2.55 bits per heavy atom. The van der Waals surface area contributed by atoms with Gasteiger partial charge in [-0.1, -0.05) is 0 Å². The highest BCUT2D eigenvalue weighted by Gasteiger charge is 2.01. The second-order valence-corrected chi connectivity index (χ2v) is 2.27. The van der Waals surface area contributed by atoms with E-state index in [0.29, 0.717) is 6.54 Å². The lowest BCUT2D eigenvalue weighted by molar-refractivity contribution is 0.725. The molecule has 1 aliphatic rings. The largest absolute Gasteiger partial charge is 0.372 e. The Labute approximate surface area is 66.4 Å². The van der Waals surface area contributed by atoms with E-state index in [0.717, 1.165) is 17.9 Å². The number of allylic oxidation sites excluding steroid dienone is 2. The van der Waals surface area contributed by atoms with E-state index in [1.807, 2.05) is 19.1 Å². The van der Waals surface area contributed by atoms with Crippen LogP contribution in [0.25, 0.3) is 0 Å². The van der Waals surface area contributed by atoms with Gasteiger partial charge in [0, 0.05) is 12.1 Å². The van der Waals surface area contributed by atoms with Crippen LogP contribution in [0.4, 0.5) is 0 Å². The van der Waals surface area contributed by atoms with E-state index in [4.69, 9.17) is 5.26 Å². The fourth-order valence-electron chi connectivity index (χ4n) is 0.881. The summed E-state index contributed by atoms with van der Waals surface area (Å²) in [5, 5.41) is 14.7. The van der Waals surface area contributed by atoms with Gasteiger partial charge < -0.3 is 10.6 Å². The molecular formula is C8H11N3. The van der Waals surface area contributed by atoms with Crippen LogP contribution in [0.1, 0.15) is 6.92 Å².